The van der Waals surface area contributed by atoms with E-state index < -0.39 is 0 Å². The highest BCUT2D eigenvalue weighted by Crippen LogP contribution is 2.48. The molecule has 1 aromatic carbocycles. The van der Waals surface area contributed by atoms with Crippen LogP contribution in [-0.2, 0) is 6.42 Å². The summed E-state index contributed by atoms with van der Waals surface area (Å²) in [5.41, 5.74) is 0.817. The Morgan fingerprint density at radius 2 is 2.07 bits per heavy atom. The molecule has 0 aromatic heterocycles. The van der Waals surface area contributed by atoms with Gasteiger partial charge in [-0.15, -0.1) is 0 Å². The molecule has 1 aliphatic carbocycles. The van der Waals surface area contributed by atoms with Crippen LogP contribution in [-0.4, -0.2) is 16.6 Å². The molecule has 0 atom stereocenters. The zero-order chi connectivity index (χ0) is 10.9. The van der Waals surface area contributed by atoms with Crippen molar-refractivity contribution in [1.82, 2.24) is 0 Å². The van der Waals surface area contributed by atoms with E-state index in [4.69, 9.17) is 0 Å². The van der Waals surface area contributed by atoms with Gasteiger partial charge in [-0.3, -0.25) is 10.1 Å². The van der Waals surface area contributed by atoms with Gasteiger partial charge in [0.15, 0.2) is 0 Å². The van der Waals surface area contributed by atoms with Crippen molar-refractivity contribution in [3.8, 4) is 0 Å². The number of nitro groups is 1. The van der Waals surface area contributed by atoms with E-state index in [0.29, 0.717) is 6.42 Å². The fourth-order valence-corrected chi connectivity index (χ4v) is 1.81. The van der Waals surface area contributed by atoms with Crippen LogP contribution >= 0.6 is 0 Å². The molecular weight excluding hydrogens is 194 g/mol. The molecule has 0 saturated heterocycles. The molecular formula is C11H13NO3. The Balaban J connectivity index is 2.24. The zero-order valence-corrected chi connectivity index (χ0v) is 8.35. The normalized spacial score (nSPS) is 17.4. The first-order chi connectivity index (χ1) is 7.17. The van der Waals surface area contributed by atoms with Gasteiger partial charge in [0, 0.05) is 18.2 Å². The molecule has 1 aromatic rings. The van der Waals surface area contributed by atoms with Crippen LogP contribution in [0.5, 0.6) is 0 Å². The highest BCUT2D eigenvalue weighted by molar-refractivity contribution is 5.41. The number of rotatable bonds is 4. The van der Waals surface area contributed by atoms with Crippen molar-refractivity contribution in [3.05, 3.63) is 39.9 Å². The van der Waals surface area contributed by atoms with Crippen LogP contribution in [0, 0.1) is 15.5 Å². The van der Waals surface area contributed by atoms with E-state index in [0.717, 1.165) is 18.4 Å². The van der Waals surface area contributed by atoms with E-state index >= 15 is 0 Å². The molecule has 80 valence electrons. The lowest BCUT2D eigenvalue weighted by molar-refractivity contribution is -0.385. The standard InChI is InChI=1S/C11H13NO3/c13-8-11(5-6-11)7-9-3-1-2-4-10(9)12(14)15/h1-4,13H,5-8H2. The number of aliphatic hydroxyl groups excluding tert-OH is 1. The SMILES string of the molecule is O=[N+]([O-])c1ccccc1CC1(CO)CC1. The number of para-hydroxylation sites is 1. The first-order valence-corrected chi connectivity index (χ1v) is 5.00. The number of hydrogen-bond donors (Lipinski definition) is 1. The maximum atomic E-state index is 10.8. The lowest BCUT2D eigenvalue weighted by Crippen LogP contribution is -2.11. The Morgan fingerprint density at radius 3 is 2.60 bits per heavy atom. The highest BCUT2D eigenvalue weighted by atomic mass is 16.6. The average molecular weight is 207 g/mol. The number of nitro benzene ring substituents is 1. The van der Waals surface area contributed by atoms with Crippen LogP contribution in [0.1, 0.15) is 18.4 Å². The number of aliphatic hydroxyl groups is 1. The molecule has 0 aliphatic heterocycles. The van der Waals surface area contributed by atoms with Gasteiger partial charge in [-0.25, -0.2) is 0 Å². The van der Waals surface area contributed by atoms with Crippen LogP contribution in [0.2, 0.25) is 0 Å². The van der Waals surface area contributed by atoms with Crippen LogP contribution in [0.3, 0.4) is 0 Å². The van der Waals surface area contributed by atoms with Crippen LogP contribution in [0.25, 0.3) is 0 Å². The maximum absolute atomic E-state index is 10.8. The molecule has 0 bridgehead atoms. The van der Waals surface area contributed by atoms with Crippen molar-refractivity contribution in [1.29, 1.82) is 0 Å². The molecule has 1 fully saturated rings. The molecule has 15 heavy (non-hydrogen) atoms. The van der Waals surface area contributed by atoms with Crippen molar-refractivity contribution in [2.24, 2.45) is 5.41 Å². The summed E-state index contributed by atoms with van der Waals surface area (Å²) in [6.45, 7) is 0.124. The molecule has 0 radical (unpaired) electrons. The summed E-state index contributed by atoms with van der Waals surface area (Å²) in [5, 5.41) is 19.9. The van der Waals surface area contributed by atoms with Gasteiger partial charge >= 0.3 is 0 Å². The predicted octanol–water partition coefficient (Wildman–Crippen LogP) is 1.91. The summed E-state index contributed by atoms with van der Waals surface area (Å²) in [4.78, 5) is 10.4. The Bertz CT molecular complexity index is 385. The minimum absolute atomic E-state index is 0.0773. The van der Waals surface area contributed by atoms with Gasteiger partial charge in [0.25, 0.3) is 5.69 Å². The quantitative estimate of drug-likeness (QED) is 0.606. The second-order valence-electron chi connectivity index (χ2n) is 4.22. The number of nitrogens with zero attached hydrogens (tertiary/aromatic N) is 1. The molecule has 0 unspecified atom stereocenters. The summed E-state index contributed by atoms with van der Waals surface area (Å²) in [5.74, 6) is 0. The van der Waals surface area contributed by atoms with Crippen LogP contribution in [0.4, 0.5) is 5.69 Å². The van der Waals surface area contributed by atoms with Crippen molar-refractivity contribution < 1.29 is 10.0 Å². The fourth-order valence-electron chi connectivity index (χ4n) is 1.81. The Hall–Kier alpha value is -1.42. The van der Waals surface area contributed by atoms with Gasteiger partial charge in [0.05, 0.1) is 4.92 Å². The lowest BCUT2D eigenvalue weighted by Gasteiger charge is -2.11. The predicted molar refractivity (Wildman–Crippen MR) is 55.6 cm³/mol. The van der Waals surface area contributed by atoms with Gasteiger partial charge in [-0.05, 0) is 24.7 Å². The molecule has 0 amide bonds. The topological polar surface area (TPSA) is 63.4 Å². The maximum Gasteiger partial charge on any atom is 0.272 e. The van der Waals surface area contributed by atoms with Crippen molar-refractivity contribution in [3.63, 3.8) is 0 Å². The number of benzene rings is 1. The van der Waals surface area contributed by atoms with E-state index in [-0.39, 0.29) is 22.6 Å². The summed E-state index contributed by atoms with van der Waals surface area (Å²) >= 11 is 0. The van der Waals surface area contributed by atoms with E-state index in [9.17, 15) is 15.2 Å². The summed E-state index contributed by atoms with van der Waals surface area (Å²) in [7, 11) is 0. The second kappa shape index (κ2) is 3.62. The number of hydrogen-bond acceptors (Lipinski definition) is 3. The molecule has 1 aliphatic rings. The third-order valence-corrected chi connectivity index (χ3v) is 3.05. The van der Waals surface area contributed by atoms with Gasteiger partial charge in [-0.2, -0.15) is 0 Å². The highest BCUT2D eigenvalue weighted by Gasteiger charge is 2.42. The van der Waals surface area contributed by atoms with E-state index in [1.54, 1.807) is 18.2 Å². The first kappa shape index (κ1) is 10.1. The molecule has 2 rings (SSSR count). The zero-order valence-electron chi connectivity index (χ0n) is 8.35. The summed E-state index contributed by atoms with van der Waals surface area (Å²) < 4.78 is 0. The van der Waals surface area contributed by atoms with Crippen LogP contribution < -0.4 is 0 Å². The van der Waals surface area contributed by atoms with Gasteiger partial charge < -0.3 is 5.11 Å². The lowest BCUT2D eigenvalue weighted by atomic mass is 9.96. The summed E-state index contributed by atoms with van der Waals surface area (Å²) in [6.07, 6.45) is 2.55. The molecule has 4 heteroatoms. The van der Waals surface area contributed by atoms with Crippen molar-refractivity contribution >= 4 is 5.69 Å². The molecule has 0 spiro atoms. The average Bonchev–Trinajstić information content (AvgIpc) is 2.99. The molecule has 0 heterocycles. The third-order valence-electron chi connectivity index (χ3n) is 3.05. The van der Waals surface area contributed by atoms with Gasteiger partial charge in [-0.1, -0.05) is 18.2 Å². The van der Waals surface area contributed by atoms with Gasteiger partial charge in [0.1, 0.15) is 0 Å². The molecule has 4 nitrogen and oxygen atoms in total. The second-order valence-corrected chi connectivity index (χ2v) is 4.22. The van der Waals surface area contributed by atoms with Gasteiger partial charge in [0.2, 0.25) is 0 Å². The Labute approximate surface area is 87.7 Å². The summed E-state index contributed by atoms with van der Waals surface area (Å²) in [6, 6.07) is 6.76. The first-order valence-electron chi connectivity index (χ1n) is 5.00. The Morgan fingerprint density at radius 1 is 1.40 bits per heavy atom. The third kappa shape index (κ3) is 1.99. The van der Waals surface area contributed by atoms with Crippen molar-refractivity contribution in [2.45, 2.75) is 19.3 Å². The van der Waals surface area contributed by atoms with Crippen LogP contribution in [0.15, 0.2) is 24.3 Å². The molecule has 1 saturated carbocycles. The Kier molecular flexibility index (Phi) is 2.44. The van der Waals surface area contributed by atoms with E-state index in [1.807, 2.05) is 0 Å². The fraction of sp³-hybridized carbons (Fsp3) is 0.455. The van der Waals surface area contributed by atoms with E-state index in [1.165, 1.54) is 6.07 Å². The van der Waals surface area contributed by atoms with Crippen molar-refractivity contribution in [2.75, 3.05) is 6.61 Å². The largest absolute Gasteiger partial charge is 0.396 e. The molecule has 1 N–H and O–H groups in total. The minimum Gasteiger partial charge on any atom is -0.396 e. The minimum atomic E-state index is -0.358. The van der Waals surface area contributed by atoms with E-state index in [2.05, 4.69) is 0 Å². The smallest absolute Gasteiger partial charge is 0.272 e. The monoisotopic (exact) mass is 207 g/mol.